The van der Waals surface area contributed by atoms with Gasteiger partial charge < -0.3 is 10.1 Å². The van der Waals surface area contributed by atoms with Gasteiger partial charge in [0.05, 0.1) is 22.9 Å². The average molecular weight is 470 g/mol. The molecule has 10 heteroatoms. The summed E-state index contributed by atoms with van der Waals surface area (Å²) in [5.74, 6) is 1.70. The number of aromatic amines is 1. The molecule has 172 valence electrons. The van der Waals surface area contributed by atoms with Crippen molar-refractivity contribution in [2.24, 2.45) is 0 Å². The van der Waals surface area contributed by atoms with Crippen LogP contribution in [0.25, 0.3) is 0 Å². The number of ether oxygens (including phenoxy) is 1. The van der Waals surface area contributed by atoms with Crippen molar-refractivity contribution in [3.63, 3.8) is 0 Å². The third kappa shape index (κ3) is 3.87. The molecule has 6 rings (SSSR count). The predicted octanol–water partition coefficient (Wildman–Crippen LogP) is 4.07. The van der Waals surface area contributed by atoms with Crippen LogP contribution in [0.1, 0.15) is 60.8 Å². The number of nitrogens with zero attached hydrogens (tertiary/aromatic N) is 2. The van der Waals surface area contributed by atoms with Gasteiger partial charge in [-0.1, -0.05) is 0 Å². The van der Waals surface area contributed by atoms with E-state index in [1.54, 1.807) is 0 Å². The monoisotopic (exact) mass is 469 g/mol. The fourth-order valence-electron chi connectivity index (χ4n) is 4.84. The summed E-state index contributed by atoms with van der Waals surface area (Å²) in [4.78, 5) is 4.23. The van der Waals surface area contributed by atoms with Crippen LogP contribution in [0.3, 0.4) is 0 Å². The van der Waals surface area contributed by atoms with E-state index in [4.69, 9.17) is 4.74 Å². The Morgan fingerprint density at radius 2 is 1.97 bits per heavy atom. The summed E-state index contributed by atoms with van der Waals surface area (Å²) in [7, 11) is -3.61. The molecule has 2 aliphatic carbocycles. The van der Waals surface area contributed by atoms with Gasteiger partial charge in [-0.05, 0) is 56.2 Å². The molecule has 0 bridgehead atoms. The van der Waals surface area contributed by atoms with Crippen LogP contribution in [0.5, 0.6) is 5.75 Å². The molecule has 3 N–H and O–H groups in total. The Bertz CT molecular complexity index is 1320. The van der Waals surface area contributed by atoms with E-state index < -0.39 is 15.8 Å². The van der Waals surface area contributed by atoms with E-state index in [0.717, 1.165) is 30.7 Å². The van der Waals surface area contributed by atoms with Crippen molar-refractivity contribution >= 4 is 21.5 Å². The molecule has 2 saturated carbocycles. The van der Waals surface area contributed by atoms with E-state index in [9.17, 15) is 12.8 Å². The van der Waals surface area contributed by atoms with Gasteiger partial charge in [-0.2, -0.15) is 5.10 Å². The summed E-state index contributed by atoms with van der Waals surface area (Å²) in [5.41, 5.74) is 2.58. The molecule has 3 heterocycles. The number of hydrogen-bond donors (Lipinski definition) is 3. The number of fused-ring (bicyclic) bond motifs is 1. The summed E-state index contributed by atoms with van der Waals surface area (Å²) in [6, 6.07) is 6.79. The highest BCUT2D eigenvalue weighted by Crippen LogP contribution is 2.45. The number of hydrogen-bond acceptors (Lipinski definition) is 6. The van der Waals surface area contributed by atoms with Crippen LogP contribution in [0, 0.1) is 5.82 Å². The summed E-state index contributed by atoms with van der Waals surface area (Å²) < 4.78 is 47.3. The van der Waals surface area contributed by atoms with Crippen molar-refractivity contribution in [2.75, 3.05) is 5.32 Å². The largest absolute Gasteiger partial charge is 0.488 e. The van der Waals surface area contributed by atoms with Crippen LogP contribution in [0.2, 0.25) is 0 Å². The Hall–Kier alpha value is -2.98. The van der Waals surface area contributed by atoms with Crippen molar-refractivity contribution in [2.45, 2.75) is 61.5 Å². The summed E-state index contributed by atoms with van der Waals surface area (Å²) in [5, 5.41) is 10.3. The number of nitrogens with one attached hydrogen (secondary N) is 3. The molecule has 0 amide bonds. The first-order chi connectivity index (χ1) is 16.0. The minimum atomic E-state index is -3.61. The number of H-pyrrole nitrogens is 1. The third-order valence-electron chi connectivity index (χ3n) is 6.74. The van der Waals surface area contributed by atoms with Crippen LogP contribution in [-0.2, 0) is 16.6 Å². The Labute approximate surface area is 191 Å². The molecule has 2 fully saturated rings. The minimum absolute atomic E-state index is 0.0104. The lowest BCUT2D eigenvalue weighted by atomic mass is 10.0. The average Bonchev–Trinajstić information content (AvgIpc) is 3.20. The van der Waals surface area contributed by atoms with Gasteiger partial charge in [0.25, 0.3) is 0 Å². The smallest absolute Gasteiger partial charge is 0.241 e. The lowest BCUT2D eigenvalue weighted by molar-refractivity contribution is 0.205. The normalized spacial score (nSPS) is 23.4. The first-order valence-corrected chi connectivity index (χ1v) is 12.7. The maximum atomic E-state index is 14.8. The molecular weight excluding hydrogens is 445 g/mol. The first-order valence-electron chi connectivity index (χ1n) is 11.2. The molecule has 1 aliphatic heterocycles. The summed E-state index contributed by atoms with van der Waals surface area (Å²) >= 11 is 0. The first kappa shape index (κ1) is 20.6. The van der Waals surface area contributed by atoms with Crippen LogP contribution in [0.15, 0.2) is 41.6 Å². The zero-order valence-corrected chi connectivity index (χ0v) is 18.7. The maximum absolute atomic E-state index is 14.8. The quantitative estimate of drug-likeness (QED) is 0.502. The number of sulfonamides is 1. The van der Waals surface area contributed by atoms with Crippen molar-refractivity contribution in [3.05, 3.63) is 59.3 Å². The van der Waals surface area contributed by atoms with E-state index in [-0.39, 0.29) is 34.7 Å². The SMILES string of the molecule is O=S1(=O)NCc2c1ccc(Nc1cc([C@H]3CC[C@@H](Oc4cnccc4C4CC4)C3)[nH]n1)c2F. The Kier molecular flexibility index (Phi) is 4.88. The van der Waals surface area contributed by atoms with Gasteiger partial charge in [-0.25, -0.2) is 17.5 Å². The minimum Gasteiger partial charge on any atom is -0.488 e. The zero-order chi connectivity index (χ0) is 22.6. The van der Waals surface area contributed by atoms with E-state index >= 15 is 0 Å². The number of anilines is 2. The van der Waals surface area contributed by atoms with Crippen LogP contribution < -0.4 is 14.8 Å². The fraction of sp³-hybridized carbons (Fsp3) is 0.391. The van der Waals surface area contributed by atoms with Gasteiger partial charge >= 0.3 is 0 Å². The van der Waals surface area contributed by atoms with Crippen molar-refractivity contribution in [3.8, 4) is 5.75 Å². The van der Waals surface area contributed by atoms with E-state index in [1.165, 1.54) is 30.5 Å². The topological polar surface area (TPSA) is 109 Å². The van der Waals surface area contributed by atoms with E-state index in [2.05, 4.69) is 31.3 Å². The fourth-order valence-corrected chi connectivity index (χ4v) is 6.06. The summed E-state index contributed by atoms with van der Waals surface area (Å²) in [6.07, 6.45) is 9.01. The second kappa shape index (κ2) is 7.81. The van der Waals surface area contributed by atoms with Gasteiger partial charge in [0.2, 0.25) is 10.0 Å². The van der Waals surface area contributed by atoms with Crippen molar-refractivity contribution in [1.82, 2.24) is 19.9 Å². The second-order valence-corrected chi connectivity index (χ2v) is 10.7. The molecule has 0 saturated heterocycles. The van der Waals surface area contributed by atoms with Gasteiger partial charge in [-0.3, -0.25) is 10.1 Å². The molecule has 2 atom stereocenters. The third-order valence-corrected chi connectivity index (χ3v) is 8.23. The molecule has 8 nitrogen and oxygen atoms in total. The lowest BCUT2D eigenvalue weighted by Gasteiger charge is -2.16. The molecule has 0 spiro atoms. The molecule has 3 aromatic rings. The molecular formula is C23H24FN5O3S. The number of rotatable bonds is 6. The predicted molar refractivity (Wildman–Crippen MR) is 120 cm³/mol. The molecule has 3 aliphatic rings. The highest BCUT2D eigenvalue weighted by molar-refractivity contribution is 7.89. The Morgan fingerprint density at radius 1 is 1.12 bits per heavy atom. The van der Waals surface area contributed by atoms with Crippen molar-refractivity contribution in [1.29, 1.82) is 0 Å². The zero-order valence-electron chi connectivity index (χ0n) is 17.8. The summed E-state index contributed by atoms with van der Waals surface area (Å²) in [6.45, 7) is -0.0479. The molecule has 0 radical (unpaired) electrons. The van der Waals surface area contributed by atoms with E-state index in [1.807, 2.05) is 18.5 Å². The number of aromatic nitrogens is 3. The Morgan fingerprint density at radius 3 is 2.82 bits per heavy atom. The van der Waals surface area contributed by atoms with Crippen LogP contribution >= 0.6 is 0 Å². The van der Waals surface area contributed by atoms with Gasteiger partial charge in [-0.15, -0.1) is 0 Å². The molecule has 1 aromatic carbocycles. The Balaban J connectivity index is 1.13. The number of pyridine rings is 1. The van der Waals surface area contributed by atoms with Gasteiger partial charge in [0.1, 0.15) is 5.75 Å². The van der Waals surface area contributed by atoms with Crippen LogP contribution in [0.4, 0.5) is 15.9 Å². The van der Waals surface area contributed by atoms with E-state index in [0.29, 0.717) is 11.7 Å². The number of benzene rings is 1. The molecule has 0 unspecified atom stereocenters. The van der Waals surface area contributed by atoms with Crippen molar-refractivity contribution < 1.29 is 17.5 Å². The lowest BCUT2D eigenvalue weighted by Crippen LogP contribution is -2.13. The van der Waals surface area contributed by atoms with Gasteiger partial charge in [0, 0.05) is 41.5 Å². The van der Waals surface area contributed by atoms with Crippen LogP contribution in [-0.4, -0.2) is 29.7 Å². The number of halogens is 1. The van der Waals surface area contributed by atoms with Gasteiger partial charge in [0.15, 0.2) is 11.6 Å². The highest BCUT2D eigenvalue weighted by atomic mass is 32.2. The highest BCUT2D eigenvalue weighted by Gasteiger charge is 2.32. The second-order valence-electron chi connectivity index (χ2n) is 9.00. The molecule has 2 aromatic heterocycles. The standard InChI is InChI=1S/C23H24FN5O3S/c24-23-17-11-26-33(30,31)21(17)6-5-18(23)27-22-10-19(28-29-22)14-3-4-15(9-14)32-20-12-25-8-7-16(20)13-1-2-13/h5-8,10,12-15,26H,1-4,9,11H2,(H2,27,28,29)/t14-,15+/m0/s1. The maximum Gasteiger partial charge on any atom is 0.241 e. The molecule has 33 heavy (non-hydrogen) atoms.